The van der Waals surface area contributed by atoms with Gasteiger partial charge in [-0.15, -0.1) is 0 Å². The zero-order chi connectivity index (χ0) is 20.9. The quantitative estimate of drug-likeness (QED) is 0.556. The van der Waals surface area contributed by atoms with Gasteiger partial charge in [0.05, 0.1) is 13.2 Å². The van der Waals surface area contributed by atoms with Crippen LogP contribution in [0.5, 0.6) is 0 Å². The predicted octanol–water partition coefficient (Wildman–Crippen LogP) is 4.51. The zero-order valence-corrected chi connectivity index (χ0v) is 17.6. The number of hydrogen-bond donors (Lipinski definition) is 0. The molecule has 0 aliphatic carbocycles. The number of aromatic nitrogens is 3. The summed E-state index contributed by atoms with van der Waals surface area (Å²) in [6.45, 7) is 8.96. The molecule has 0 fully saturated rings. The molecule has 5 nitrogen and oxygen atoms in total. The summed E-state index contributed by atoms with van der Waals surface area (Å²) in [5.74, 6) is 0.607. The fraction of sp³-hybridized carbons (Fsp3) is 0.375. The molecule has 0 aliphatic rings. The summed E-state index contributed by atoms with van der Waals surface area (Å²) in [6, 6.07) is 20.1. The third-order valence-electron chi connectivity index (χ3n) is 4.71. The number of esters is 1. The first-order valence-electron chi connectivity index (χ1n) is 10.1. The number of nitrogens with zero attached hydrogens (tertiary/aromatic N) is 3. The normalized spacial score (nSPS) is 12.6. The molecule has 0 spiro atoms. The van der Waals surface area contributed by atoms with Crippen molar-refractivity contribution in [2.24, 2.45) is 0 Å². The van der Waals surface area contributed by atoms with Crippen molar-refractivity contribution in [2.45, 2.75) is 52.0 Å². The van der Waals surface area contributed by atoms with Crippen molar-refractivity contribution in [3.8, 4) is 0 Å². The highest BCUT2D eigenvalue weighted by molar-refractivity contribution is 5.77. The standard InChI is InChI=1S/C24H29N3O2/c1-5-29-22(28)20(16-18-12-8-6-9-13-18)21-25-23(24(2,3)4)26-27(21)17-19-14-10-7-11-15-19/h6-15,20H,5,16-17H2,1-4H3/t20-/m0/s1. The molecule has 1 heterocycles. The predicted molar refractivity (Wildman–Crippen MR) is 114 cm³/mol. The van der Waals surface area contributed by atoms with Crippen LogP contribution in [0, 0.1) is 0 Å². The van der Waals surface area contributed by atoms with Gasteiger partial charge in [-0.25, -0.2) is 9.67 Å². The highest BCUT2D eigenvalue weighted by atomic mass is 16.5. The summed E-state index contributed by atoms with van der Waals surface area (Å²) in [5.41, 5.74) is 1.96. The number of rotatable bonds is 7. The van der Waals surface area contributed by atoms with Crippen LogP contribution in [0.25, 0.3) is 0 Å². The fourth-order valence-corrected chi connectivity index (χ4v) is 3.18. The van der Waals surface area contributed by atoms with Crippen molar-refractivity contribution in [3.63, 3.8) is 0 Å². The molecule has 0 unspecified atom stereocenters. The summed E-state index contributed by atoms with van der Waals surface area (Å²) < 4.78 is 7.27. The Morgan fingerprint density at radius 1 is 1.00 bits per heavy atom. The van der Waals surface area contributed by atoms with Crippen molar-refractivity contribution in [1.82, 2.24) is 14.8 Å². The minimum Gasteiger partial charge on any atom is -0.465 e. The largest absolute Gasteiger partial charge is 0.465 e. The molecule has 5 heteroatoms. The topological polar surface area (TPSA) is 57.0 Å². The molecular formula is C24H29N3O2. The third-order valence-corrected chi connectivity index (χ3v) is 4.71. The molecule has 0 amide bonds. The number of carbonyl (C=O) groups is 1. The molecular weight excluding hydrogens is 362 g/mol. The fourth-order valence-electron chi connectivity index (χ4n) is 3.18. The maximum absolute atomic E-state index is 12.9. The Kier molecular flexibility index (Phi) is 6.47. The maximum Gasteiger partial charge on any atom is 0.317 e. The summed E-state index contributed by atoms with van der Waals surface area (Å²) in [7, 11) is 0. The maximum atomic E-state index is 12.9. The highest BCUT2D eigenvalue weighted by Crippen LogP contribution is 2.26. The lowest BCUT2D eigenvalue weighted by Crippen LogP contribution is -2.23. The van der Waals surface area contributed by atoms with Gasteiger partial charge in [0, 0.05) is 5.41 Å². The van der Waals surface area contributed by atoms with Gasteiger partial charge in [0.15, 0.2) is 5.82 Å². The van der Waals surface area contributed by atoms with Crippen molar-refractivity contribution >= 4 is 5.97 Å². The SMILES string of the molecule is CCOC(=O)[C@@H](Cc1ccccc1)c1nc(C(C)(C)C)nn1Cc1ccccc1. The van der Waals surface area contributed by atoms with E-state index < -0.39 is 5.92 Å². The Morgan fingerprint density at radius 2 is 1.59 bits per heavy atom. The lowest BCUT2D eigenvalue weighted by Gasteiger charge is -2.16. The minimum atomic E-state index is -0.510. The summed E-state index contributed by atoms with van der Waals surface area (Å²) in [5, 5.41) is 4.78. The number of benzene rings is 2. The second-order valence-electron chi connectivity index (χ2n) is 8.18. The van der Waals surface area contributed by atoms with Crippen molar-refractivity contribution < 1.29 is 9.53 Å². The molecule has 0 saturated heterocycles. The van der Waals surface area contributed by atoms with Crippen LogP contribution < -0.4 is 0 Å². The van der Waals surface area contributed by atoms with Crippen molar-refractivity contribution in [2.75, 3.05) is 6.61 Å². The van der Waals surface area contributed by atoms with Crippen LogP contribution in [-0.2, 0) is 27.9 Å². The van der Waals surface area contributed by atoms with Crippen LogP contribution >= 0.6 is 0 Å². The van der Waals surface area contributed by atoms with Crippen LogP contribution in [0.4, 0.5) is 0 Å². The number of hydrogen-bond acceptors (Lipinski definition) is 4. The van der Waals surface area contributed by atoms with Gasteiger partial charge in [0.25, 0.3) is 0 Å². The molecule has 2 aromatic carbocycles. The Bertz CT molecular complexity index is 928. The van der Waals surface area contributed by atoms with E-state index in [4.69, 9.17) is 14.8 Å². The second-order valence-corrected chi connectivity index (χ2v) is 8.18. The lowest BCUT2D eigenvalue weighted by molar-refractivity contribution is -0.145. The second kappa shape index (κ2) is 9.03. The molecule has 0 radical (unpaired) electrons. The first kappa shape index (κ1) is 20.8. The molecule has 0 N–H and O–H groups in total. The van der Waals surface area contributed by atoms with Crippen LogP contribution in [0.3, 0.4) is 0 Å². The molecule has 0 aliphatic heterocycles. The summed E-state index contributed by atoms with van der Waals surface area (Å²) >= 11 is 0. The van der Waals surface area contributed by atoms with Crippen LogP contribution in [0.15, 0.2) is 60.7 Å². The van der Waals surface area contributed by atoms with E-state index in [1.165, 1.54) is 0 Å². The minimum absolute atomic E-state index is 0.220. The van der Waals surface area contributed by atoms with Crippen LogP contribution in [0.1, 0.15) is 56.4 Å². The molecule has 1 aromatic heterocycles. The van der Waals surface area contributed by atoms with E-state index in [1.54, 1.807) is 0 Å². The van der Waals surface area contributed by atoms with Gasteiger partial charge in [-0.2, -0.15) is 5.10 Å². The number of carbonyl (C=O) groups excluding carboxylic acids is 1. The Morgan fingerprint density at radius 3 is 2.14 bits per heavy atom. The monoisotopic (exact) mass is 391 g/mol. The Hall–Kier alpha value is -2.95. The Labute approximate surface area is 172 Å². The van der Waals surface area contributed by atoms with E-state index in [1.807, 2.05) is 60.1 Å². The van der Waals surface area contributed by atoms with Gasteiger partial charge < -0.3 is 4.74 Å². The van der Waals surface area contributed by atoms with Gasteiger partial charge in [0.2, 0.25) is 0 Å². The van der Waals surface area contributed by atoms with Crippen LogP contribution in [-0.4, -0.2) is 27.3 Å². The van der Waals surface area contributed by atoms with Gasteiger partial charge in [-0.3, -0.25) is 4.79 Å². The van der Waals surface area contributed by atoms with E-state index in [0.717, 1.165) is 17.0 Å². The third kappa shape index (κ3) is 5.31. The van der Waals surface area contributed by atoms with Gasteiger partial charge in [-0.05, 0) is 24.5 Å². The molecule has 1 atom stereocenters. The average molecular weight is 392 g/mol. The van der Waals surface area contributed by atoms with Crippen molar-refractivity contribution in [1.29, 1.82) is 0 Å². The molecule has 152 valence electrons. The van der Waals surface area contributed by atoms with Gasteiger partial charge in [-0.1, -0.05) is 81.4 Å². The summed E-state index contributed by atoms with van der Waals surface area (Å²) in [4.78, 5) is 17.7. The van der Waals surface area contributed by atoms with Gasteiger partial charge >= 0.3 is 5.97 Å². The first-order valence-corrected chi connectivity index (χ1v) is 10.1. The molecule has 0 bridgehead atoms. The van der Waals surface area contributed by atoms with E-state index in [2.05, 4.69) is 32.9 Å². The number of ether oxygens (including phenoxy) is 1. The molecule has 3 rings (SSSR count). The van der Waals surface area contributed by atoms with E-state index >= 15 is 0 Å². The van der Waals surface area contributed by atoms with Gasteiger partial charge in [0.1, 0.15) is 11.7 Å². The van der Waals surface area contributed by atoms with Crippen molar-refractivity contribution in [3.05, 3.63) is 83.4 Å². The summed E-state index contributed by atoms with van der Waals surface area (Å²) in [6.07, 6.45) is 0.525. The zero-order valence-electron chi connectivity index (χ0n) is 17.6. The lowest BCUT2D eigenvalue weighted by atomic mass is 9.95. The van der Waals surface area contributed by atoms with Crippen LogP contribution in [0.2, 0.25) is 0 Å². The van der Waals surface area contributed by atoms with E-state index in [0.29, 0.717) is 25.4 Å². The highest BCUT2D eigenvalue weighted by Gasteiger charge is 2.31. The van der Waals surface area contributed by atoms with E-state index in [-0.39, 0.29) is 11.4 Å². The molecule has 29 heavy (non-hydrogen) atoms. The smallest absolute Gasteiger partial charge is 0.317 e. The molecule has 0 saturated carbocycles. The van der Waals surface area contributed by atoms with E-state index in [9.17, 15) is 4.79 Å². The molecule has 3 aromatic rings. The first-order chi connectivity index (χ1) is 13.9. The Balaban J connectivity index is 2.04. The average Bonchev–Trinajstić information content (AvgIpc) is 3.12.